The van der Waals surface area contributed by atoms with E-state index in [1.807, 2.05) is 23.1 Å². The topological polar surface area (TPSA) is 74.5 Å². The van der Waals surface area contributed by atoms with Crippen molar-refractivity contribution in [2.75, 3.05) is 36.5 Å². The van der Waals surface area contributed by atoms with Gasteiger partial charge in [-0.3, -0.25) is 4.79 Å². The predicted octanol–water partition coefficient (Wildman–Crippen LogP) is 0.426. The molecule has 6 nitrogen and oxygen atoms in total. The molecule has 0 saturated carbocycles. The van der Waals surface area contributed by atoms with Crippen LogP contribution in [-0.4, -0.2) is 42.0 Å². The highest BCUT2D eigenvalue weighted by Crippen LogP contribution is 2.16. The molecule has 1 aromatic rings. The highest BCUT2D eigenvalue weighted by atomic mass is 16.2. The van der Waals surface area contributed by atoms with Crippen molar-refractivity contribution in [1.82, 2.24) is 9.88 Å². The van der Waals surface area contributed by atoms with Crippen LogP contribution >= 0.6 is 0 Å². The summed E-state index contributed by atoms with van der Waals surface area (Å²) >= 11 is 0. The number of hydrogen-bond donors (Lipinski definition) is 2. The van der Waals surface area contributed by atoms with Crippen molar-refractivity contribution in [1.29, 1.82) is 0 Å². The van der Waals surface area contributed by atoms with Crippen LogP contribution in [0.15, 0.2) is 18.2 Å². The molecule has 1 aromatic heterocycles. The van der Waals surface area contributed by atoms with Crippen LogP contribution in [0.2, 0.25) is 0 Å². The molecule has 0 unspecified atom stereocenters. The summed E-state index contributed by atoms with van der Waals surface area (Å²) in [6.45, 7) is 4.90. The third kappa shape index (κ3) is 2.89. The zero-order valence-electron chi connectivity index (χ0n) is 10.6. The van der Waals surface area contributed by atoms with E-state index in [2.05, 4.69) is 15.3 Å². The fraction of sp³-hybridized carbons (Fsp3) is 0.500. The third-order valence-electron chi connectivity index (χ3n) is 3.15. The molecular formula is C12H19N5O. The van der Waals surface area contributed by atoms with Gasteiger partial charge < -0.3 is 15.2 Å². The lowest BCUT2D eigenvalue weighted by Crippen LogP contribution is -2.33. The monoisotopic (exact) mass is 249 g/mol. The Bertz CT molecular complexity index is 423. The summed E-state index contributed by atoms with van der Waals surface area (Å²) in [7, 11) is 0. The predicted molar refractivity (Wildman–Crippen MR) is 71.1 cm³/mol. The van der Waals surface area contributed by atoms with Crippen LogP contribution in [0, 0.1) is 0 Å². The molecule has 1 aliphatic rings. The summed E-state index contributed by atoms with van der Waals surface area (Å²) in [5.41, 5.74) is 2.55. The first-order valence-electron chi connectivity index (χ1n) is 6.15. The first-order chi connectivity index (χ1) is 8.70. The maximum absolute atomic E-state index is 11.4. The van der Waals surface area contributed by atoms with E-state index in [1.165, 1.54) is 0 Å². The van der Waals surface area contributed by atoms with E-state index in [1.54, 1.807) is 6.92 Å². The van der Waals surface area contributed by atoms with Crippen molar-refractivity contribution in [3.05, 3.63) is 18.2 Å². The molecule has 2 heterocycles. The van der Waals surface area contributed by atoms with E-state index in [0.29, 0.717) is 5.82 Å². The summed E-state index contributed by atoms with van der Waals surface area (Å²) < 4.78 is 0. The second-order valence-corrected chi connectivity index (χ2v) is 4.37. The van der Waals surface area contributed by atoms with E-state index in [9.17, 15) is 4.79 Å². The smallest absolute Gasteiger partial charge is 0.219 e. The zero-order valence-corrected chi connectivity index (χ0v) is 10.6. The largest absolute Gasteiger partial charge is 0.355 e. The average molecular weight is 249 g/mol. The highest BCUT2D eigenvalue weighted by Gasteiger charge is 2.17. The van der Waals surface area contributed by atoms with Crippen molar-refractivity contribution in [3.8, 4) is 0 Å². The molecule has 0 spiro atoms. The summed E-state index contributed by atoms with van der Waals surface area (Å²) in [6, 6.07) is 5.71. The number of amides is 1. The van der Waals surface area contributed by atoms with E-state index in [0.717, 1.165) is 38.4 Å². The number of nitrogens with zero attached hydrogens (tertiary/aromatic N) is 3. The number of nitrogen functional groups attached to an aromatic ring is 1. The number of aromatic nitrogens is 1. The fourth-order valence-corrected chi connectivity index (χ4v) is 2.14. The molecule has 1 saturated heterocycles. The van der Waals surface area contributed by atoms with Gasteiger partial charge in [-0.2, -0.15) is 0 Å². The Kier molecular flexibility index (Phi) is 3.99. The summed E-state index contributed by atoms with van der Waals surface area (Å²) in [5, 5.41) is 0. The number of hydrazine groups is 1. The van der Waals surface area contributed by atoms with E-state index in [4.69, 9.17) is 5.84 Å². The van der Waals surface area contributed by atoms with Crippen molar-refractivity contribution >= 4 is 17.5 Å². The van der Waals surface area contributed by atoms with Crippen LogP contribution < -0.4 is 16.2 Å². The average Bonchev–Trinajstić information content (AvgIpc) is 2.64. The standard InChI is InChI=1S/C12H19N5O/c1-10(18)16-6-3-7-17(9-8-16)12-5-2-4-11(14-12)15-13/h2,4-5H,3,6-9,13H2,1H3,(H,14,15). The minimum Gasteiger partial charge on any atom is -0.355 e. The van der Waals surface area contributed by atoms with Gasteiger partial charge in [-0.25, -0.2) is 10.8 Å². The number of carbonyl (C=O) groups is 1. The van der Waals surface area contributed by atoms with E-state index < -0.39 is 0 Å². The van der Waals surface area contributed by atoms with E-state index >= 15 is 0 Å². The molecule has 2 rings (SSSR count). The van der Waals surface area contributed by atoms with Gasteiger partial charge in [0, 0.05) is 33.1 Å². The molecule has 0 aliphatic carbocycles. The minimum absolute atomic E-state index is 0.141. The summed E-state index contributed by atoms with van der Waals surface area (Å²) in [4.78, 5) is 19.8. The number of anilines is 2. The fourth-order valence-electron chi connectivity index (χ4n) is 2.14. The van der Waals surface area contributed by atoms with Crippen molar-refractivity contribution in [2.24, 2.45) is 5.84 Å². The Morgan fingerprint density at radius 2 is 2.17 bits per heavy atom. The normalized spacial score (nSPS) is 16.3. The Morgan fingerprint density at radius 3 is 2.89 bits per heavy atom. The molecule has 3 N–H and O–H groups in total. The molecule has 0 bridgehead atoms. The number of hydrogen-bond acceptors (Lipinski definition) is 5. The first-order valence-corrected chi connectivity index (χ1v) is 6.15. The quantitative estimate of drug-likeness (QED) is 0.587. The molecular weight excluding hydrogens is 230 g/mol. The lowest BCUT2D eigenvalue weighted by molar-refractivity contribution is -0.128. The molecule has 1 fully saturated rings. The van der Waals surface area contributed by atoms with Gasteiger partial charge in [0.05, 0.1) is 0 Å². The van der Waals surface area contributed by atoms with Gasteiger partial charge in [-0.15, -0.1) is 0 Å². The SMILES string of the molecule is CC(=O)N1CCCN(c2cccc(NN)n2)CC1. The number of carbonyl (C=O) groups excluding carboxylic acids is 1. The van der Waals surface area contributed by atoms with Crippen LogP contribution in [0.4, 0.5) is 11.6 Å². The number of rotatable bonds is 2. The second kappa shape index (κ2) is 5.68. The lowest BCUT2D eigenvalue weighted by atomic mass is 10.3. The Morgan fingerprint density at radius 1 is 1.33 bits per heavy atom. The number of nitrogens with two attached hydrogens (primary N) is 1. The molecule has 0 aromatic carbocycles. The number of pyridine rings is 1. The molecule has 1 aliphatic heterocycles. The molecule has 0 atom stereocenters. The van der Waals surface area contributed by atoms with Crippen molar-refractivity contribution in [2.45, 2.75) is 13.3 Å². The van der Waals surface area contributed by atoms with Gasteiger partial charge in [0.25, 0.3) is 0 Å². The Hall–Kier alpha value is -1.82. The maximum Gasteiger partial charge on any atom is 0.219 e. The second-order valence-electron chi connectivity index (χ2n) is 4.37. The number of nitrogens with one attached hydrogen (secondary N) is 1. The Balaban J connectivity index is 2.07. The van der Waals surface area contributed by atoms with Gasteiger partial charge in [0.15, 0.2) is 0 Å². The van der Waals surface area contributed by atoms with Gasteiger partial charge in [0.1, 0.15) is 11.6 Å². The van der Waals surface area contributed by atoms with Gasteiger partial charge in [0.2, 0.25) is 5.91 Å². The minimum atomic E-state index is 0.141. The van der Waals surface area contributed by atoms with Crippen LogP contribution in [0.1, 0.15) is 13.3 Å². The molecule has 98 valence electrons. The van der Waals surface area contributed by atoms with E-state index in [-0.39, 0.29) is 5.91 Å². The van der Waals surface area contributed by atoms with Crippen LogP contribution in [0.25, 0.3) is 0 Å². The third-order valence-corrected chi connectivity index (χ3v) is 3.15. The van der Waals surface area contributed by atoms with Crippen molar-refractivity contribution < 1.29 is 4.79 Å². The van der Waals surface area contributed by atoms with Gasteiger partial charge >= 0.3 is 0 Å². The van der Waals surface area contributed by atoms with Gasteiger partial charge in [-0.1, -0.05) is 6.07 Å². The zero-order chi connectivity index (χ0) is 13.0. The van der Waals surface area contributed by atoms with Crippen molar-refractivity contribution in [3.63, 3.8) is 0 Å². The molecule has 0 radical (unpaired) electrons. The van der Waals surface area contributed by atoms with Gasteiger partial charge in [-0.05, 0) is 18.6 Å². The first kappa shape index (κ1) is 12.6. The lowest BCUT2D eigenvalue weighted by Gasteiger charge is -2.22. The van der Waals surface area contributed by atoms with Crippen LogP contribution in [-0.2, 0) is 4.79 Å². The Labute approximate surface area is 107 Å². The molecule has 1 amide bonds. The van der Waals surface area contributed by atoms with Crippen LogP contribution in [0.5, 0.6) is 0 Å². The summed E-state index contributed by atoms with van der Waals surface area (Å²) in [5.74, 6) is 7.05. The summed E-state index contributed by atoms with van der Waals surface area (Å²) in [6.07, 6.45) is 0.960. The molecule has 18 heavy (non-hydrogen) atoms. The molecule has 6 heteroatoms. The highest BCUT2D eigenvalue weighted by molar-refractivity contribution is 5.73. The van der Waals surface area contributed by atoms with Crippen LogP contribution in [0.3, 0.4) is 0 Å². The maximum atomic E-state index is 11.4.